The maximum atomic E-state index is 13.0. The van der Waals surface area contributed by atoms with E-state index in [0.29, 0.717) is 23.1 Å². The summed E-state index contributed by atoms with van der Waals surface area (Å²) < 4.78 is 0. The van der Waals surface area contributed by atoms with E-state index in [9.17, 15) is 9.59 Å². The van der Waals surface area contributed by atoms with E-state index in [2.05, 4.69) is 5.32 Å². The van der Waals surface area contributed by atoms with Crippen LogP contribution in [0.15, 0.2) is 84.9 Å². The first-order chi connectivity index (χ1) is 13.5. The Morgan fingerprint density at radius 1 is 0.786 bits per heavy atom. The molecule has 3 rings (SSSR count). The van der Waals surface area contributed by atoms with Gasteiger partial charge >= 0.3 is 0 Å². The molecule has 5 nitrogen and oxygen atoms in total. The zero-order chi connectivity index (χ0) is 19.9. The Labute approximate surface area is 163 Å². The van der Waals surface area contributed by atoms with Crippen LogP contribution in [0.3, 0.4) is 0 Å². The van der Waals surface area contributed by atoms with E-state index < -0.39 is 6.04 Å². The molecule has 0 aliphatic carbocycles. The average molecular weight is 371 g/mol. The van der Waals surface area contributed by atoms with Gasteiger partial charge in [0.25, 0.3) is 5.91 Å². The minimum absolute atomic E-state index is 0.0619. The number of nitrogen functional groups attached to an aromatic ring is 1. The highest BCUT2D eigenvalue weighted by Crippen LogP contribution is 2.11. The van der Waals surface area contributed by atoms with Gasteiger partial charge in [-0.05, 0) is 17.7 Å². The molecule has 0 heterocycles. The predicted octanol–water partition coefficient (Wildman–Crippen LogP) is 3.19. The molecule has 0 spiro atoms. The Hall–Kier alpha value is -3.73. The van der Waals surface area contributed by atoms with Gasteiger partial charge < -0.3 is 11.1 Å². The van der Waals surface area contributed by atoms with Gasteiger partial charge in [-0.25, -0.2) is 0 Å². The number of carbonyl (C=O) groups excluding carboxylic acids is 2. The Morgan fingerprint density at radius 3 is 1.89 bits per heavy atom. The molecule has 3 aromatic carbocycles. The molecule has 0 saturated heterocycles. The van der Waals surface area contributed by atoms with Crippen LogP contribution in [0.5, 0.6) is 0 Å². The predicted molar refractivity (Wildman–Crippen MR) is 110 cm³/mol. The van der Waals surface area contributed by atoms with E-state index >= 15 is 0 Å². The molecule has 5 heteroatoms. The second kappa shape index (κ2) is 8.77. The van der Waals surface area contributed by atoms with Gasteiger partial charge in [0, 0.05) is 23.1 Å². The van der Waals surface area contributed by atoms with Crippen molar-refractivity contribution in [2.45, 2.75) is 12.5 Å². The first-order valence-electron chi connectivity index (χ1n) is 8.93. The third kappa shape index (κ3) is 4.71. The quantitative estimate of drug-likeness (QED) is 0.338. The molecule has 140 valence electrons. The summed E-state index contributed by atoms with van der Waals surface area (Å²) in [5.41, 5.74) is 7.91. The van der Waals surface area contributed by atoms with Gasteiger partial charge in [0.05, 0.1) is 6.04 Å². The van der Waals surface area contributed by atoms with Gasteiger partial charge in [0.1, 0.15) is 5.84 Å². The van der Waals surface area contributed by atoms with Crippen molar-refractivity contribution in [1.82, 2.24) is 5.32 Å². The van der Waals surface area contributed by atoms with Crippen LogP contribution in [0.1, 0.15) is 31.8 Å². The second-order valence-corrected chi connectivity index (χ2v) is 6.44. The van der Waals surface area contributed by atoms with Gasteiger partial charge in [0.15, 0.2) is 5.78 Å². The molecule has 0 bridgehead atoms. The zero-order valence-electron chi connectivity index (χ0n) is 15.3. The van der Waals surface area contributed by atoms with Crippen LogP contribution in [-0.4, -0.2) is 23.6 Å². The maximum absolute atomic E-state index is 13.0. The highest BCUT2D eigenvalue weighted by molar-refractivity contribution is 6.04. The number of ketones is 1. The topological polar surface area (TPSA) is 96.0 Å². The van der Waals surface area contributed by atoms with Crippen molar-refractivity contribution < 1.29 is 9.59 Å². The minimum Gasteiger partial charge on any atom is -0.384 e. The number of nitrogens with one attached hydrogen (secondary N) is 2. The summed E-state index contributed by atoms with van der Waals surface area (Å²) in [6, 6.07) is 24.2. The lowest BCUT2D eigenvalue weighted by Gasteiger charge is -2.18. The van der Waals surface area contributed by atoms with Gasteiger partial charge in [-0.2, -0.15) is 0 Å². The summed E-state index contributed by atoms with van der Waals surface area (Å²) in [6.45, 7) is 0. The number of benzene rings is 3. The van der Waals surface area contributed by atoms with E-state index in [1.165, 1.54) is 0 Å². The normalized spacial score (nSPS) is 11.4. The molecule has 3 aromatic rings. The van der Waals surface area contributed by atoms with Crippen molar-refractivity contribution in [3.05, 3.63) is 107 Å². The fourth-order valence-electron chi connectivity index (χ4n) is 2.91. The number of amidine groups is 1. The second-order valence-electron chi connectivity index (χ2n) is 6.44. The highest BCUT2D eigenvalue weighted by atomic mass is 16.2. The highest BCUT2D eigenvalue weighted by Gasteiger charge is 2.23. The first kappa shape index (κ1) is 19.0. The van der Waals surface area contributed by atoms with Crippen LogP contribution in [0, 0.1) is 5.41 Å². The first-order valence-corrected chi connectivity index (χ1v) is 8.93. The molecule has 0 saturated carbocycles. The number of hydrogen-bond acceptors (Lipinski definition) is 3. The molecule has 0 unspecified atom stereocenters. The number of Topliss-reactive ketones (excluding diaryl/α,β-unsaturated/α-hetero) is 1. The molecule has 0 aliphatic rings. The fourth-order valence-corrected chi connectivity index (χ4v) is 2.91. The summed E-state index contributed by atoms with van der Waals surface area (Å²) in [5, 5.41) is 10.3. The van der Waals surface area contributed by atoms with E-state index in [4.69, 9.17) is 11.1 Å². The summed E-state index contributed by atoms with van der Waals surface area (Å²) in [7, 11) is 0. The maximum Gasteiger partial charge on any atom is 0.251 e. The van der Waals surface area contributed by atoms with E-state index in [-0.39, 0.29) is 17.5 Å². The van der Waals surface area contributed by atoms with Crippen LogP contribution in [0.2, 0.25) is 0 Å². The SMILES string of the molecule is N=C(N)c1ccc(C(=O)N[C@@H](Cc2ccccc2)C(=O)c2ccccc2)cc1. The van der Waals surface area contributed by atoms with Crippen molar-refractivity contribution >= 4 is 17.5 Å². The standard InChI is InChI=1S/C23H21N3O2/c24-22(25)18-11-13-19(14-12-18)23(28)26-20(15-16-7-3-1-4-8-16)21(27)17-9-5-2-6-10-17/h1-14,20H,15H2,(H3,24,25)(H,26,28)/t20-/m0/s1. The lowest BCUT2D eigenvalue weighted by atomic mass is 9.97. The van der Waals surface area contributed by atoms with Gasteiger partial charge in [0.2, 0.25) is 0 Å². The number of carbonyl (C=O) groups is 2. The molecular formula is C23H21N3O2. The third-order valence-electron chi connectivity index (χ3n) is 4.42. The summed E-state index contributed by atoms with van der Waals surface area (Å²) in [4.78, 5) is 25.7. The van der Waals surface area contributed by atoms with Crippen molar-refractivity contribution in [3.8, 4) is 0 Å². The summed E-state index contributed by atoms with van der Waals surface area (Å²) >= 11 is 0. The van der Waals surface area contributed by atoms with Crippen LogP contribution in [0.25, 0.3) is 0 Å². The molecule has 4 N–H and O–H groups in total. The number of amides is 1. The van der Waals surface area contributed by atoms with Crippen LogP contribution < -0.4 is 11.1 Å². The number of nitrogens with two attached hydrogens (primary N) is 1. The Morgan fingerprint density at radius 2 is 1.32 bits per heavy atom. The molecule has 0 radical (unpaired) electrons. The van der Waals surface area contributed by atoms with Crippen molar-refractivity contribution in [3.63, 3.8) is 0 Å². The smallest absolute Gasteiger partial charge is 0.251 e. The largest absolute Gasteiger partial charge is 0.384 e. The van der Waals surface area contributed by atoms with E-state index in [1.807, 2.05) is 36.4 Å². The lowest BCUT2D eigenvalue weighted by Crippen LogP contribution is -2.42. The monoisotopic (exact) mass is 371 g/mol. The lowest BCUT2D eigenvalue weighted by molar-refractivity contribution is 0.0857. The molecule has 28 heavy (non-hydrogen) atoms. The number of hydrogen-bond donors (Lipinski definition) is 3. The van der Waals surface area contributed by atoms with Gasteiger partial charge in [-0.3, -0.25) is 15.0 Å². The Kier molecular flexibility index (Phi) is 5.97. The molecule has 0 aliphatic heterocycles. The third-order valence-corrected chi connectivity index (χ3v) is 4.42. The zero-order valence-corrected chi connectivity index (χ0v) is 15.3. The van der Waals surface area contributed by atoms with E-state index in [0.717, 1.165) is 5.56 Å². The molecule has 0 fully saturated rings. The Bertz CT molecular complexity index is 968. The Balaban J connectivity index is 1.82. The van der Waals surface area contributed by atoms with E-state index in [1.54, 1.807) is 48.5 Å². The van der Waals surface area contributed by atoms with Gasteiger partial charge in [-0.15, -0.1) is 0 Å². The molecular weight excluding hydrogens is 350 g/mol. The summed E-state index contributed by atoms with van der Waals surface area (Å²) in [5.74, 6) is -0.549. The van der Waals surface area contributed by atoms with Crippen molar-refractivity contribution in [2.24, 2.45) is 5.73 Å². The minimum atomic E-state index is -0.690. The molecule has 0 aromatic heterocycles. The van der Waals surface area contributed by atoms with Gasteiger partial charge in [-0.1, -0.05) is 72.8 Å². The number of rotatable bonds is 7. The fraction of sp³-hybridized carbons (Fsp3) is 0.0870. The molecule has 1 atom stereocenters. The van der Waals surface area contributed by atoms with Crippen molar-refractivity contribution in [2.75, 3.05) is 0 Å². The van der Waals surface area contributed by atoms with Crippen LogP contribution in [0.4, 0.5) is 0 Å². The summed E-state index contributed by atoms with van der Waals surface area (Å²) in [6.07, 6.45) is 0.395. The molecule has 1 amide bonds. The average Bonchev–Trinajstić information content (AvgIpc) is 2.74. The van der Waals surface area contributed by atoms with Crippen LogP contribution >= 0.6 is 0 Å². The van der Waals surface area contributed by atoms with Crippen LogP contribution in [-0.2, 0) is 6.42 Å². The van der Waals surface area contributed by atoms with Crippen molar-refractivity contribution in [1.29, 1.82) is 5.41 Å².